The van der Waals surface area contributed by atoms with E-state index in [0.29, 0.717) is 28.1 Å². The number of nitrogens with one attached hydrogen (secondary N) is 1. The van der Waals surface area contributed by atoms with E-state index in [2.05, 4.69) is 10.3 Å². The number of anilines is 2. The summed E-state index contributed by atoms with van der Waals surface area (Å²) < 4.78 is 0. The zero-order chi connectivity index (χ0) is 13.4. The number of benzene rings is 1. The molecule has 0 aliphatic carbocycles. The summed E-state index contributed by atoms with van der Waals surface area (Å²) in [6.07, 6.45) is 1.65. The van der Waals surface area contributed by atoms with Gasteiger partial charge in [0.05, 0.1) is 15.7 Å². The van der Waals surface area contributed by atoms with Crippen molar-refractivity contribution in [2.24, 2.45) is 0 Å². The fraction of sp³-hybridized carbons (Fsp3) is 0.0769. The fourth-order valence-corrected chi connectivity index (χ4v) is 2.27. The number of hydrogen-bond donors (Lipinski definition) is 1. The summed E-state index contributed by atoms with van der Waals surface area (Å²) in [5.74, 6) is 0.615. The molecule has 1 aliphatic heterocycles. The topological polar surface area (TPSA) is 45.2 Å². The van der Waals surface area contributed by atoms with Crippen LogP contribution < -0.4 is 10.2 Å². The predicted octanol–water partition coefficient (Wildman–Crippen LogP) is 3.75. The Labute approximate surface area is 120 Å². The maximum Gasteiger partial charge on any atom is 0.327 e. The number of halogens is 2. The first-order valence-corrected chi connectivity index (χ1v) is 6.39. The highest BCUT2D eigenvalue weighted by atomic mass is 35.5. The minimum atomic E-state index is -0.232. The Morgan fingerprint density at radius 2 is 2.05 bits per heavy atom. The van der Waals surface area contributed by atoms with Crippen LogP contribution in [-0.2, 0) is 6.54 Å². The van der Waals surface area contributed by atoms with Crippen LogP contribution in [0.5, 0.6) is 0 Å². The predicted molar refractivity (Wildman–Crippen MR) is 75.1 cm³/mol. The third-order valence-corrected chi connectivity index (χ3v) is 3.61. The molecular weight excluding hydrogens is 285 g/mol. The lowest BCUT2D eigenvalue weighted by atomic mass is 10.2. The molecule has 0 atom stereocenters. The summed E-state index contributed by atoms with van der Waals surface area (Å²) in [5, 5.41) is 3.64. The molecule has 96 valence electrons. The SMILES string of the molecule is O=C1NCc2cccnc2N1c1ccc(Cl)c(Cl)c1. The molecule has 0 unspecified atom stereocenters. The summed E-state index contributed by atoms with van der Waals surface area (Å²) >= 11 is 11.9. The van der Waals surface area contributed by atoms with Gasteiger partial charge in [-0.15, -0.1) is 0 Å². The lowest BCUT2D eigenvalue weighted by Gasteiger charge is -2.28. The Balaban J connectivity index is 2.13. The minimum Gasteiger partial charge on any atom is -0.333 e. The molecule has 4 nitrogen and oxygen atoms in total. The van der Waals surface area contributed by atoms with Crippen LogP contribution in [0.3, 0.4) is 0 Å². The van der Waals surface area contributed by atoms with Crippen LogP contribution in [0.25, 0.3) is 0 Å². The smallest absolute Gasteiger partial charge is 0.327 e. The fourth-order valence-electron chi connectivity index (χ4n) is 1.98. The molecule has 1 aromatic heterocycles. The molecule has 0 bridgehead atoms. The van der Waals surface area contributed by atoms with Crippen molar-refractivity contribution in [3.05, 3.63) is 52.1 Å². The lowest BCUT2D eigenvalue weighted by Crippen LogP contribution is -2.41. The van der Waals surface area contributed by atoms with Gasteiger partial charge in [0.25, 0.3) is 0 Å². The number of amides is 2. The summed E-state index contributed by atoms with van der Waals surface area (Å²) in [5.41, 5.74) is 1.58. The summed E-state index contributed by atoms with van der Waals surface area (Å²) in [6.45, 7) is 0.472. The molecule has 1 N–H and O–H groups in total. The Hall–Kier alpha value is -1.78. The minimum absolute atomic E-state index is 0.232. The first-order chi connectivity index (χ1) is 9.16. The third kappa shape index (κ3) is 2.13. The Kier molecular flexibility index (Phi) is 3.05. The average Bonchev–Trinajstić information content (AvgIpc) is 2.42. The van der Waals surface area contributed by atoms with Crippen LogP contribution >= 0.6 is 23.2 Å². The van der Waals surface area contributed by atoms with Crippen molar-refractivity contribution >= 4 is 40.7 Å². The number of fused-ring (bicyclic) bond motifs is 1. The highest BCUT2D eigenvalue weighted by Crippen LogP contribution is 2.33. The Morgan fingerprint density at radius 1 is 1.21 bits per heavy atom. The third-order valence-electron chi connectivity index (χ3n) is 2.87. The molecule has 6 heteroatoms. The van der Waals surface area contributed by atoms with Crippen molar-refractivity contribution < 1.29 is 4.79 Å². The number of carbonyl (C=O) groups is 1. The maximum absolute atomic E-state index is 12.1. The Bertz CT molecular complexity index is 660. The molecule has 0 saturated carbocycles. The van der Waals surface area contributed by atoms with Gasteiger partial charge >= 0.3 is 6.03 Å². The molecular formula is C13H9Cl2N3O. The van der Waals surface area contributed by atoms with Gasteiger partial charge in [-0.25, -0.2) is 14.7 Å². The second-order valence-electron chi connectivity index (χ2n) is 4.08. The summed E-state index contributed by atoms with van der Waals surface area (Å²) in [6, 6.07) is 8.56. The number of aromatic nitrogens is 1. The zero-order valence-corrected chi connectivity index (χ0v) is 11.2. The molecule has 1 aliphatic rings. The number of rotatable bonds is 1. The van der Waals surface area contributed by atoms with Crippen molar-refractivity contribution in [3.8, 4) is 0 Å². The average molecular weight is 294 g/mol. The van der Waals surface area contributed by atoms with E-state index in [-0.39, 0.29) is 6.03 Å². The van der Waals surface area contributed by atoms with Gasteiger partial charge in [0.2, 0.25) is 0 Å². The lowest BCUT2D eigenvalue weighted by molar-refractivity contribution is 0.247. The highest BCUT2D eigenvalue weighted by Gasteiger charge is 2.26. The quantitative estimate of drug-likeness (QED) is 0.870. The van der Waals surface area contributed by atoms with E-state index in [9.17, 15) is 4.79 Å². The van der Waals surface area contributed by atoms with Gasteiger partial charge in [-0.1, -0.05) is 29.3 Å². The molecule has 0 spiro atoms. The van der Waals surface area contributed by atoms with Gasteiger partial charge in [0, 0.05) is 18.3 Å². The molecule has 0 saturated heterocycles. The van der Waals surface area contributed by atoms with E-state index in [0.717, 1.165) is 5.56 Å². The van der Waals surface area contributed by atoms with Gasteiger partial charge in [0.1, 0.15) is 5.82 Å². The molecule has 0 radical (unpaired) electrons. The van der Waals surface area contributed by atoms with Crippen molar-refractivity contribution in [2.45, 2.75) is 6.54 Å². The number of urea groups is 1. The standard InChI is InChI=1S/C13H9Cl2N3O/c14-10-4-3-9(6-11(10)15)18-12-8(2-1-5-16-12)7-17-13(18)19/h1-6H,7H2,(H,17,19). The first-order valence-electron chi connectivity index (χ1n) is 5.64. The van der Waals surface area contributed by atoms with Crippen molar-refractivity contribution in [1.82, 2.24) is 10.3 Å². The normalized spacial score (nSPS) is 14.0. The van der Waals surface area contributed by atoms with Gasteiger partial charge in [0.15, 0.2) is 0 Å². The van der Waals surface area contributed by atoms with E-state index in [1.165, 1.54) is 4.90 Å². The first kappa shape index (κ1) is 12.3. The number of nitrogens with zero attached hydrogens (tertiary/aromatic N) is 2. The van der Waals surface area contributed by atoms with Gasteiger partial charge in [-0.2, -0.15) is 0 Å². The molecule has 1 aromatic carbocycles. The van der Waals surface area contributed by atoms with E-state index >= 15 is 0 Å². The Morgan fingerprint density at radius 3 is 2.84 bits per heavy atom. The maximum atomic E-state index is 12.1. The molecule has 3 rings (SSSR count). The van der Waals surface area contributed by atoms with Crippen LogP contribution in [0.1, 0.15) is 5.56 Å². The van der Waals surface area contributed by atoms with Gasteiger partial charge in [-0.05, 0) is 24.3 Å². The molecule has 2 aromatic rings. The second kappa shape index (κ2) is 4.72. The monoisotopic (exact) mass is 293 g/mol. The van der Waals surface area contributed by atoms with Crippen LogP contribution in [0.4, 0.5) is 16.3 Å². The molecule has 2 heterocycles. The van der Waals surface area contributed by atoms with Crippen LogP contribution in [-0.4, -0.2) is 11.0 Å². The van der Waals surface area contributed by atoms with Crippen molar-refractivity contribution in [1.29, 1.82) is 0 Å². The number of pyridine rings is 1. The van der Waals surface area contributed by atoms with E-state index in [1.807, 2.05) is 12.1 Å². The second-order valence-corrected chi connectivity index (χ2v) is 4.89. The highest BCUT2D eigenvalue weighted by molar-refractivity contribution is 6.42. The van der Waals surface area contributed by atoms with Crippen LogP contribution in [0.15, 0.2) is 36.5 Å². The van der Waals surface area contributed by atoms with Crippen LogP contribution in [0, 0.1) is 0 Å². The van der Waals surface area contributed by atoms with E-state index in [1.54, 1.807) is 24.4 Å². The van der Waals surface area contributed by atoms with E-state index in [4.69, 9.17) is 23.2 Å². The van der Waals surface area contributed by atoms with Crippen LogP contribution in [0.2, 0.25) is 10.0 Å². The van der Waals surface area contributed by atoms with Crippen molar-refractivity contribution in [2.75, 3.05) is 4.90 Å². The largest absolute Gasteiger partial charge is 0.333 e. The molecule has 2 amide bonds. The van der Waals surface area contributed by atoms with E-state index < -0.39 is 0 Å². The molecule has 19 heavy (non-hydrogen) atoms. The van der Waals surface area contributed by atoms with Crippen molar-refractivity contribution in [3.63, 3.8) is 0 Å². The summed E-state index contributed by atoms with van der Waals surface area (Å²) in [4.78, 5) is 17.8. The number of hydrogen-bond acceptors (Lipinski definition) is 2. The summed E-state index contributed by atoms with van der Waals surface area (Å²) in [7, 11) is 0. The molecule has 0 fully saturated rings. The van der Waals surface area contributed by atoms with Gasteiger partial charge < -0.3 is 5.32 Å². The number of carbonyl (C=O) groups excluding carboxylic acids is 1. The van der Waals surface area contributed by atoms with Gasteiger partial charge in [-0.3, -0.25) is 0 Å². The zero-order valence-electron chi connectivity index (χ0n) is 9.73.